The molecular formula is C16H25NO4. The van der Waals surface area contributed by atoms with E-state index in [1.165, 1.54) is 0 Å². The topological polar surface area (TPSA) is 60.0 Å². The Morgan fingerprint density at radius 1 is 1.43 bits per heavy atom. The Hall–Kier alpha value is -1.30. The summed E-state index contributed by atoms with van der Waals surface area (Å²) in [7, 11) is 1.92. The van der Waals surface area contributed by atoms with Gasteiger partial charge in [0, 0.05) is 18.2 Å². The van der Waals surface area contributed by atoms with E-state index in [2.05, 4.69) is 12.2 Å². The van der Waals surface area contributed by atoms with Crippen molar-refractivity contribution < 1.29 is 19.3 Å². The Morgan fingerprint density at radius 3 is 3.05 bits per heavy atom. The van der Waals surface area contributed by atoms with Gasteiger partial charge in [-0.2, -0.15) is 0 Å². The largest absolute Gasteiger partial charge is 0.491 e. The number of nitrogens with one attached hydrogen (secondary N) is 1. The van der Waals surface area contributed by atoms with Gasteiger partial charge in [0.2, 0.25) is 0 Å². The fraction of sp³-hybridized carbons (Fsp3) is 0.625. The highest BCUT2D eigenvalue weighted by Crippen LogP contribution is 2.34. The minimum atomic E-state index is -0.610. The predicted molar refractivity (Wildman–Crippen MR) is 81.0 cm³/mol. The molecule has 1 aromatic rings. The van der Waals surface area contributed by atoms with Crippen molar-refractivity contribution in [2.75, 3.05) is 33.5 Å². The number of likely N-dealkylation sites (N-methyl/N-ethyl adjacent to an activating group) is 1. The standard InChI is InChI=1S/C16H25NO4/c1-3-4-7-19-9-12(18)10-20-13-5-6-14-15(17-2)11-21-16(14)8-13/h5-6,8,12,15,17-18H,3-4,7,9-11H2,1-2H3. The molecule has 0 saturated heterocycles. The van der Waals surface area contributed by atoms with E-state index >= 15 is 0 Å². The fourth-order valence-corrected chi connectivity index (χ4v) is 2.23. The molecule has 21 heavy (non-hydrogen) atoms. The van der Waals surface area contributed by atoms with Crippen molar-refractivity contribution in [1.29, 1.82) is 0 Å². The van der Waals surface area contributed by atoms with E-state index < -0.39 is 6.10 Å². The number of rotatable bonds is 9. The first-order valence-electron chi connectivity index (χ1n) is 7.57. The molecule has 0 aliphatic carbocycles. The first kappa shape index (κ1) is 16.1. The molecule has 0 amide bonds. The first-order chi connectivity index (χ1) is 10.2. The lowest BCUT2D eigenvalue weighted by Gasteiger charge is -2.13. The maximum absolute atomic E-state index is 9.79. The highest BCUT2D eigenvalue weighted by Gasteiger charge is 2.22. The summed E-state index contributed by atoms with van der Waals surface area (Å²) in [5.41, 5.74) is 1.15. The molecule has 2 unspecified atom stereocenters. The van der Waals surface area contributed by atoms with Gasteiger partial charge in [-0.15, -0.1) is 0 Å². The Balaban J connectivity index is 1.76. The van der Waals surface area contributed by atoms with Gasteiger partial charge < -0.3 is 24.6 Å². The maximum atomic E-state index is 9.79. The highest BCUT2D eigenvalue weighted by molar-refractivity contribution is 5.44. The van der Waals surface area contributed by atoms with Gasteiger partial charge in [-0.25, -0.2) is 0 Å². The monoisotopic (exact) mass is 295 g/mol. The molecule has 2 N–H and O–H groups in total. The number of benzene rings is 1. The SMILES string of the molecule is CCCCOCC(O)COc1ccc2c(c1)OCC2NC. The van der Waals surface area contributed by atoms with Gasteiger partial charge in [-0.3, -0.25) is 0 Å². The molecule has 0 radical (unpaired) electrons. The Kier molecular flexibility index (Phi) is 6.29. The van der Waals surface area contributed by atoms with Crippen molar-refractivity contribution in [3.63, 3.8) is 0 Å². The molecule has 1 heterocycles. The predicted octanol–water partition coefficient (Wildman–Crippen LogP) is 1.90. The molecule has 0 aromatic heterocycles. The molecule has 5 nitrogen and oxygen atoms in total. The van der Waals surface area contributed by atoms with E-state index in [4.69, 9.17) is 14.2 Å². The Morgan fingerprint density at radius 2 is 2.29 bits per heavy atom. The summed E-state index contributed by atoms with van der Waals surface area (Å²) in [6.45, 7) is 3.97. The van der Waals surface area contributed by atoms with E-state index in [-0.39, 0.29) is 12.6 Å². The molecule has 1 aliphatic heterocycles. The summed E-state index contributed by atoms with van der Waals surface area (Å²) in [6, 6.07) is 6.02. The number of hydrogen-bond acceptors (Lipinski definition) is 5. The van der Waals surface area contributed by atoms with Crippen LogP contribution in [0.25, 0.3) is 0 Å². The molecule has 0 spiro atoms. The van der Waals surface area contributed by atoms with Gasteiger partial charge in [0.05, 0.1) is 12.6 Å². The van der Waals surface area contributed by atoms with Crippen molar-refractivity contribution in [1.82, 2.24) is 5.32 Å². The third kappa shape index (κ3) is 4.59. The van der Waals surface area contributed by atoms with Gasteiger partial charge in [0.15, 0.2) is 0 Å². The second-order valence-electron chi connectivity index (χ2n) is 5.25. The van der Waals surface area contributed by atoms with Crippen LogP contribution in [-0.4, -0.2) is 44.7 Å². The summed E-state index contributed by atoms with van der Waals surface area (Å²) in [6.07, 6.45) is 1.50. The number of hydrogen-bond donors (Lipinski definition) is 2. The van der Waals surface area contributed by atoms with Gasteiger partial charge in [-0.05, 0) is 25.6 Å². The Labute approximate surface area is 126 Å². The van der Waals surface area contributed by atoms with Crippen LogP contribution in [0.4, 0.5) is 0 Å². The van der Waals surface area contributed by atoms with Crippen LogP contribution in [0, 0.1) is 0 Å². The molecule has 0 fully saturated rings. The number of ether oxygens (including phenoxy) is 3. The maximum Gasteiger partial charge on any atom is 0.127 e. The van der Waals surface area contributed by atoms with Crippen LogP contribution in [-0.2, 0) is 4.74 Å². The van der Waals surface area contributed by atoms with Crippen LogP contribution in [0.1, 0.15) is 31.4 Å². The zero-order chi connectivity index (χ0) is 15.1. The van der Waals surface area contributed by atoms with E-state index in [0.717, 1.165) is 24.2 Å². The van der Waals surface area contributed by atoms with Crippen LogP contribution < -0.4 is 14.8 Å². The quantitative estimate of drug-likeness (QED) is 0.681. The second kappa shape index (κ2) is 8.22. The molecule has 5 heteroatoms. The summed E-state index contributed by atoms with van der Waals surface area (Å²) >= 11 is 0. The molecular weight excluding hydrogens is 270 g/mol. The van der Waals surface area contributed by atoms with E-state index in [1.807, 2.05) is 25.2 Å². The lowest BCUT2D eigenvalue weighted by atomic mass is 10.1. The number of aliphatic hydroxyl groups excluding tert-OH is 1. The van der Waals surface area contributed by atoms with Crippen LogP contribution >= 0.6 is 0 Å². The summed E-state index contributed by atoms with van der Waals surface area (Å²) < 4.78 is 16.6. The molecule has 2 atom stereocenters. The second-order valence-corrected chi connectivity index (χ2v) is 5.25. The van der Waals surface area contributed by atoms with Gasteiger partial charge in [0.1, 0.15) is 30.8 Å². The van der Waals surface area contributed by atoms with Crippen molar-refractivity contribution in [3.05, 3.63) is 23.8 Å². The van der Waals surface area contributed by atoms with Crippen molar-refractivity contribution in [2.24, 2.45) is 0 Å². The summed E-state index contributed by atoms with van der Waals surface area (Å²) in [4.78, 5) is 0. The minimum absolute atomic E-state index is 0.223. The molecule has 1 aliphatic rings. The molecule has 0 bridgehead atoms. The lowest BCUT2D eigenvalue weighted by molar-refractivity contribution is 0.0113. The van der Waals surface area contributed by atoms with Crippen molar-refractivity contribution >= 4 is 0 Å². The van der Waals surface area contributed by atoms with Gasteiger partial charge in [0.25, 0.3) is 0 Å². The van der Waals surface area contributed by atoms with E-state index in [0.29, 0.717) is 25.6 Å². The first-order valence-corrected chi connectivity index (χ1v) is 7.57. The third-order valence-electron chi connectivity index (χ3n) is 3.51. The molecule has 2 rings (SSSR count). The van der Waals surface area contributed by atoms with Crippen molar-refractivity contribution in [2.45, 2.75) is 31.9 Å². The number of aliphatic hydroxyl groups is 1. The third-order valence-corrected chi connectivity index (χ3v) is 3.51. The van der Waals surface area contributed by atoms with Crippen LogP contribution in [0.5, 0.6) is 11.5 Å². The summed E-state index contributed by atoms with van der Waals surface area (Å²) in [5, 5.41) is 13.0. The fourth-order valence-electron chi connectivity index (χ4n) is 2.23. The lowest BCUT2D eigenvalue weighted by Crippen LogP contribution is -2.23. The van der Waals surface area contributed by atoms with Gasteiger partial charge >= 0.3 is 0 Å². The van der Waals surface area contributed by atoms with Crippen molar-refractivity contribution in [3.8, 4) is 11.5 Å². The van der Waals surface area contributed by atoms with Crippen LogP contribution in [0.3, 0.4) is 0 Å². The summed E-state index contributed by atoms with van der Waals surface area (Å²) in [5.74, 6) is 1.55. The van der Waals surface area contributed by atoms with Crippen LogP contribution in [0.15, 0.2) is 18.2 Å². The normalized spacial score (nSPS) is 18.1. The van der Waals surface area contributed by atoms with Crippen LogP contribution in [0.2, 0.25) is 0 Å². The minimum Gasteiger partial charge on any atom is -0.491 e. The molecule has 1 aromatic carbocycles. The van der Waals surface area contributed by atoms with Gasteiger partial charge in [-0.1, -0.05) is 13.3 Å². The zero-order valence-corrected chi connectivity index (χ0v) is 12.8. The average Bonchev–Trinajstić information content (AvgIpc) is 2.91. The number of unbranched alkanes of at least 4 members (excludes halogenated alkanes) is 1. The Bertz CT molecular complexity index is 438. The molecule has 118 valence electrons. The number of fused-ring (bicyclic) bond motifs is 1. The van der Waals surface area contributed by atoms with E-state index in [1.54, 1.807) is 0 Å². The molecule has 0 saturated carbocycles. The zero-order valence-electron chi connectivity index (χ0n) is 12.8. The van der Waals surface area contributed by atoms with E-state index in [9.17, 15) is 5.11 Å². The highest BCUT2D eigenvalue weighted by atomic mass is 16.5. The smallest absolute Gasteiger partial charge is 0.127 e. The average molecular weight is 295 g/mol.